The molecule has 2 aromatic carbocycles. The van der Waals surface area contributed by atoms with Gasteiger partial charge in [-0.1, -0.05) is 36.4 Å². The van der Waals surface area contributed by atoms with E-state index in [1.165, 1.54) is 28.4 Å². The van der Waals surface area contributed by atoms with Crippen molar-refractivity contribution in [1.82, 2.24) is 24.9 Å². The van der Waals surface area contributed by atoms with E-state index in [9.17, 15) is 0 Å². The Morgan fingerprint density at radius 1 is 0.960 bits per heavy atom. The third kappa shape index (κ3) is 2.50. The van der Waals surface area contributed by atoms with E-state index in [4.69, 9.17) is 0 Å². The maximum Gasteiger partial charge on any atom is 0.188 e. The van der Waals surface area contributed by atoms with Crippen molar-refractivity contribution in [3.05, 3.63) is 60.5 Å². The summed E-state index contributed by atoms with van der Waals surface area (Å²) in [6, 6.07) is 14.7. The third-order valence-corrected chi connectivity index (χ3v) is 4.76. The Morgan fingerprint density at radius 2 is 1.88 bits per heavy atom. The van der Waals surface area contributed by atoms with Crippen LogP contribution in [-0.4, -0.2) is 24.9 Å². The minimum atomic E-state index is 0.629. The number of nitrogens with zero attached hydrogens (tertiary/aromatic N) is 4. The molecule has 0 atom stereocenters. The zero-order valence-corrected chi connectivity index (χ0v) is 13.8. The van der Waals surface area contributed by atoms with Gasteiger partial charge >= 0.3 is 0 Å². The van der Waals surface area contributed by atoms with Gasteiger partial charge in [-0.2, -0.15) is 0 Å². The average Bonchev–Trinajstić information content (AvgIpc) is 3.31. The first-order valence-corrected chi connectivity index (χ1v) is 8.60. The van der Waals surface area contributed by atoms with Gasteiger partial charge in [-0.05, 0) is 16.8 Å². The molecule has 0 aliphatic carbocycles. The second kappa shape index (κ2) is 5.64. The van der Waals surface area contributed by atoms with Crippen LogP contribution in [0.4, 0.5) is 10.9 Å². The highest BCUT2D eigenvalue weighted by molar-refractivity contribution is 7.14. The molecular formula is C18H12N6S. The van der Waals surface area contributed by atoms with Gasteiger partial charge in [-0.25, -0.2) is 19.9 Å². The number of anilines is 2. The van der Waals surface area contributed by atoms with Crippen LogP contribution >= 0.6 is 11.3 Å². The van der Waals surface area contributed by atoms with Gasteiger partial charge < -0.3 is 10.3 Å². The van der Waals surface area contributed by atoms with Gasteiger partial charge in [0.15, 0.2) is 16.6 Å². The lowest BCUT2D eigenvalue weighted by atomic mass is 10.1. The summed E-state index contributed by atoms with van der Waals surface area (Å²) in [6.45, 7) is 0. The molecule has 0 unspecified atom stereocenters. The highest BCUT2D eigenvalue weighted by Gasteiger charge is 2.10. The Hall–Kier alpha value is -3.32. The smallest absolute Gasteiger partial charge is 0.188 e. The van der Waals surface area contributed by atoms with Crippen LogP contribution in [-0.2, 0) is 0 Å². The lowest BCUT2D eigenvalue weighted by Gasteiger charge is -2.02. The van der Waals surface area contributed by atoms with E-state index in [1.807, 2.05) is 17.5 Å². The van der Waals surface area contributed by atoms with Crippen molar-refractivity contribution in [2.24, 2.45) is 0 Å². The Labute approximate surface area is 146 Å². The summed E-state index contributed by atoms with van der Waals surface area (Å²) >= 11 is 1.54. The van der Waals surface area contributed by atoms with Crippen LogP contribution in [0.3, 0.4) is 0 Å². The molecular weight excluding hydrogens is 332 g/mol. The Balaban J connectivity index is 1.49. The first kappa shape index (κ1) is 14.1. The maximum atomic E-state index is 4.69. The molecule has 5 rings (SSSR count). The molecule has 0 radical (unpaired) electrons. The number of hydrogen-bond donors (Lipinski definition) is 2. The van der Waals surface area contributed by atoms with Crippen molar-refractivity contribution in [2.45, 2.75) is 0 Å². The van der Waals surface area contributed by atoms with Gasteiger partial charge in [0.1, 0.15) is 11.8 Å². The topological polar surface area (TPSA) is 79.4 Å². The molecule has 6 nitrogen and oxygen atoms in total. The van der Waals surface area contributed by atoms with E-state index in [0.717, 1.165) is 21.9 Å². The lowest BCUT2D eigenvalue weighted by molar-refractivity contribution is 1.19. The quantitative estimate of drug-likeness (QED) is 0.508. The minimum absolute atomic E-state index is 0.629. The highest BCUT2D eigenvalue weighted by Crippen LogP contribution is 2.29. The SMILES string of the molecule is c1ccc2cc(-c3csc(Nc4ncnc5nc[nH]c45)n3)ccc2c1. The summed E-state index contributed by atoms with van der Waals surface area (Å²) in [4.78, 5) is 20.3. The number of rotatable bonds is 3. The van der Waals surface area contributed by atoms with Crippen molar-refractivity contribution in [3.8, 4) is 11.3 Å². The third-order valence-electron chi connectivity index (χ3n) is 4.00. The zero-order valence-electron chi connectivity index (χ0n) is 13.0. The average molecular weight is 344 g/mol. The van der Waals surface area contributed by atoms with E-state index >= 15 is 0 Å². The number of aromatic amines is 1. The molecule has 3 aromatic heterocycles. The maximum absolute atomic E-state index is 4.69. The summed E-state index contributed by atoms with van der Waals surface area (Å²) < 4.78 is 0. The van der Waals surface area contributed by atoms with Crippen molar-refractivity contribution in [2.75, 3.05) is 5.32 Å². The van der Waals surface area contributed by atoms with Crippen LogP contribution in [0.15, 0.2) is 60.5 Å². The molecule has 7 heteroatoms. The largest absolute Gasteiger partial charge is 0.340 e. The number of aromatic nitrogens is 5. The summed E-state index contributed by atoms with van der Waals surface area (Å²) in [6.07, 6.45) is 3.09. The van der Waals surface area contributed by atoms with Crippen LogP contribution in [0.2, 0.25) is 0 Å². The molecule has 0 saturated heterocycles. The number of thiazole rings is 1. The summed E-state index contributed by atoms with van der Waals surface area (Å²) in [7, 11) is 0. The molecule has 3 heterocycles. The standard InChI is InChI=1S/C18H12N6S/c1-2-4-12-7-13(6-5-11(12)3-1)14-8-25-18(23-14)24-17-15-16(20-9-19-15)21-10-22-17/h1-10H,(H2,19,20,21,22,23,24). The lowest BCUT2D eigenvalue weighted by Crippen LogP contribution is -1.95. The van der Waals surface area contributed by atoms with Crippen LogP contribution in [0, 0.1) is 0 Å². The Kier molecular flexibility index (Phi) is 3.17. The first-order valence-electron chi connectivity index (χ1n) is 7.73. The molecule has 5 aromatic rings. The monoisotopic (exact) mass is 344 g/mol. The molecule has 0 amide bonds. The molecule has 0 fully saturated rings. The number of benzene rings is 2. The van der Waals surface area contributed by atoms with E-state index in [0.29, 0.717) is 11.5 Å². The number of fused-ring (bicyclic) bond motifs is 2. The highest BCUT2D eigenvalue weighted by atomic mass is 32.1. The number of H-pyrrole nitrogens is 1. The van der Waals surface area contributed by atoms with E-state index in [-0.39, 0.29) is 0 Å². The predicted molar refractivity (Wildman–Crippen MR) is 100 cm³/mol. The van der Waals surface area contributed by atoms with Crippen LogP contribution in [0.1, 0.15) is 0 Å². The summed E-state index contributed by atoms with van der Waals surface area (Å²) in [5.74, 6) is 0.668. The predicted octanol–water partition coefficient (Wildman–Crippen LogP) is 4.37. The number of imidazole rings is 1. The summed E-state index contributed by atoms with van der Waals surface area (Å²) in [5, 5.41) is 8.49. The Morgan fingerprint density at radius 3 is 2.84 bits per heavy atom. The van der Waals surface area contributed by atoms with Crippen molar-refractivity contribution >= 4 is 44.2 Å². The molecule has 25 heavy (non-hydrogen) atoms. The van der Waals surface area contributed by atoms with Crippen molar-refractivity contribution in [1.29, 1.82) is 0 Å². The van der Waals surface area contributed by atoms with Crippen LogP contribution in [0.5, 0.6) is 0 Å². The fraction of sp³-hybridized carbons (Fsp3) is 0. The van der Waals surface area contributed by atoms with E-state index in [2.05, 4.69) is 60.6 Å². The van der Waals surface area contributed by atoms with Crippen LogP contribution in [0.25, 0.3) is 33.2 Å². The van der Waals surface area contributed by atoms with Gasteiger partial charge in [0.2, 0.25) is 0 Å². The molecule has 0 aliphatic heterocycles. The van der Waals surface area contributed by atoms with Gasteiger partial charge in [-0.15, -0.1) is 11.3 Å². The molecule has 0 aliphatic rings. The molecule has 120 valence electrons. The fourth-order valence-electron chi connectivity index (χ4n) is 2.77. The molecule has 0 spiro atoms. The van der Waals surface area contributed by atoms with Crippen LogP contribution < -0.4 is 5.32 Å². The molecule has 0 saturated carbocycles. The van der Waals surface area contributed by atoms with E-state index in [1.54, 1.807) is 6.33 Å². The van der Waals surface area contributed by atoms with Crippen molar-refractivity contribution in [3.63, 3.8) is 0 Å². The van der Waals surface area contributed by atoms with Crippen molar-refractivity contribution < 1.29 is 0 Å². The minimum Gasteiger partial charge on any atom is -0.340 e. The normalized spacial score (nSPS) is 11.2. The number of hydrogen-bond acceptors (Lipinski definition) is 6. The van der Waals surface area contributed by atoms with Gasteiger partial charge in [0, 0.05) is 10.9 Å². The fourth-order valence-corrected chi connectivity index (χ4v) is 3.49. The zero-order chi connectivity index (χ0) is 16.6. The first-order chi connectivity index (χ1) is 12.4. The number of nitrogens with one attached hydrogen (secondary N) is 2. The molecule has 2 N–H and O–H groups in total. The summed E-state index contributed by atoms with van der Waals surface area (Å²) in [5.41, 5.74) is 3.43. The van der Waals surface area contributed by atoms with Gasteiger partial charge in [-0.3, -0.25) is 0 Å². The van der Waals surface area contributed by atoms with Gasteiger partial charge in [0.25, 0.3) is 0 Å². The second-order valence-electron chi connectivity index (χ2n) is 5.55. The molecule has 0 bridgehead atoms. The Bertz CT molecular complexity index is 1190. The van der Waals surface area contributed by atoms with Gasteiger partial charge in [0.05, 0.1) is 12.0 Å². The van der Waals surface area contributed by atoms with E-state index < -0.39 is 0 Å². The second-order valence-corrected chi connectivity index (χ2v) is 6.41.